The van der Waals surface area contributed by atoms with Crippen LogP contribution in [0.3, 0.4) is 0 Å². The van der Waals surface area contributed by atoms with E-state index >= 15 is 0 Å². The number of nitrogens with zero attached hydrogens (tertiary/aromatic N) is 1. The molecule has 2 rings (SSSR count). The maximum atomic E-state index is 11.1. The van der Waals surface area contributed by atoms with Gasteiger partial charge in [0.15, 0.2) is 0 Å². The number of quaternary nitrogens is 1. The van der Waals surface area contributed by atoms with Crippen molar-refractivity contribution < 1.29 is 19.5 Å². The molecule has 0 aliphatic carbocycles. The lowest BCUT2D eigenvalue weighted by Crippen LogP contribution is -3.05. The lowest BCUT2D eigenvalue weighted by molar-refractivity contribution is -0.858. The predicted molar refractivity (Wildman–Crippen MR) is 89.0 cm³/mol. The molecule has 0 radical (unpaired) electrons. The first-order chi connectivity index (χ1) is 11.0. The molecule has 0 atom stereocenters. The van der Waals surface area contributed by atoms with Crippen LogP contribution in [0.5, 0.6) is 5.75 Å². The van der Waals surface area contributed by atoms with Crippen molar-refractivity contribution in [2.45, 2.75) is 19.8 Å². The summed E-state index contributed by atoms with van der Waals surface area (Å²) < 4.78 is 5.70. The van der Waals surface area contributed by atoms with Crippen molar-refractivity contribution in [1.82, 2.24) is 4.98 Å². The fourth-order valence-corrected chi connectivity index (χ4v) is 3.18. The van der Waals surface area contributed by atoms with Gasteiger partial charge in [-0.1, -0.05) is 6.92 Å². The SMILES string of the molecule is CCc1nc(-c2ccc(OCCC[NH+](C)C)cc2)sc1C(=O)[O-]. The smallest absolute Gasteiger partial charge is 0.124 e. The number of ether oxygens (including phenoxy) is 1. The van der Waals surface area contributed by atoms with Crippen LogP contribution < -0.4 is 14.7 Å². The van der Waals surface area contributed by atoms with E-state index in [1.807, 2.05) is 31.2 Å². The number of aromatic nitrogens is 1. The fourth-order valence-electron chi connectivity index (χ4n) is 2.18. The van der Waals surface area contributed by atoms with Crippen LogP contribution >= 0.6 is 11.3 Å². The number of carbonyl (C=O) groups excluding carboxylic acids is 1. The Morgan fingerprint density at radius 1 is 1.30 bits per heavy atom. The number of hydrogen-bond acceptors (Lipinski definition) is 5. The number of carboxylic acids is 1. The van der Waals surface area contributed by atoms with Crippen molar-refractivity contribution in [3.63, 3.8) is 0 Å². The van der Waals surface area contributed by atoms with Crippen LogP contribution in [0.15, 0.2) is 24.3 Å². The summed E-state index contributed by atoms with van der Waals surface area (Å²) in [6.07, 6.45) is 1.58. The third kappa shape index (κ3) is 4.77. The lowest BCUT2D eigenvalue weighted by atomic mass is 10.2. The topological polar surface area (TPSA) is 66.7 Å². The largest absolute Gasteiger partial charge is 0.544 e. The van der Waals surface area contributed by atoms with Crippen molar-refractivity contribution in [3.8, 4) is 16.3 Å². The summed E-state index contributed by atoms with van der Waals surface area (Å²) in [5, 5.41) is 11.8. The molecule has 1 aromatic heterocycles. The monoisotopic (exact) mass is 334 g/mol. The van der Waals surface area contributed by atoms with E-state index in [9.17, 15) is 9.90 Å². The zero-order valence-corrected chi connectivity index (χ0v) is 14.5. The summed E-state index contributed by atoms with van der Waals surface area (Å²) in [5.41, 5.74) is 1.47. The molecule has 0 aliphatic rings. The van der Waals surface area contributed by atoms with Crippen molar-refractivity contribution in [1.29, 1.82) is 0 Å². The van der Waals surface area contributed by atoms with Crippen LogP contribution in [0.25, 0.3) is 10.6 Å². The highest BCUT2D eigenvalue weighted by atomic mass is 32.1. The molecule has 0 aliphatic heterocycles. The molecule has 23 heavy (non-hydrogen) atoms. The minimum absolute atomic E-state index is 0.217. The van der Waals surface area contributed by atoms with Gasteiger partial charge in [0.05, 0.1) is 43.8 Å². The summed E-state index contributed by atoms with van der Waals surface area (Å²) >= 11 is 1.16. The molecule has 6 heteroatoms. The van der Waals surface area contributed by atoms with E-state index in [1.165, 1.54) is 4.90 Å². The first-order valence-electron chi connectivity index (χ1n) is 7.74. The molecule has 0 bridgehead atoms. The van der Waals surface area contributed by atoms with Gasteiger partial charge in [0.1, 0.15) is 10.8 Å². The average Bonchev–Trinajstić information content (AvgIpc) is 2.96. The average molecular weight is 334 g/mol. The first-order valence-corrected chi connectivity index (χ1v) is 8.56. The zero-order valence-electron chi connectivity index (χ0n) is 13.7. The van der Waals surface area contributed by atoms with Gasteiger partial charge in [-0.05, 0) is 30.7 Å². The third-order valence-electron chi connectivity index (χ3n) is 3.41. The van der Waals surface area contributed by atoms with Crippen molar-refractivity contribution >= 4 is 17.3 Å². The summed E-state index contributed by atoms with van der Waals surface area (Å²) in [6.45, 7) is 3.65. The number of carbonyl (C=O) groups is 1. The minimum atomic E-state index is -1.16. The van der Waals surface area contributed by atoms with Crippen LogP contribution in [-0.4, -0.2) is 38.2 Å². The Kier molecular flexibility index (Phi) is 6.12. The Labute approximate surface area is 140 Å². The van der Waals surface area contributed by atoms with Crippen LogP contribution in [0.1, 0.15) is 28.7 Å². The highest BCUT2D eigenvalue weighted by Gasteiger charge is 2.12. The molecule has 0 saturated carbocycles. The molecule has 1 heterocycles. The third-order valence-corrected chi connectivity index (χ3v) is 4.54. The quantitative estimate of drug-likeness (QED) is 0.720. The van der Waals surface area contributed by atoms with Crippen molar-refractivity contribution in [3.05, 3.63) is 34.8 Å². The van der Waals surface area contributed by atoms with Gasteiger partial charge in [-0.15, -0.1) is 11.3 Å². The van der Waals surface area contributed by atoms with E-state index in [0.29, 0.717) is 23.7 Å². The second kappa shape index (κ2) is 8.08. The normalized spacial score (nSPS) is 11.0. The molecule has 5 nitrogen and oxygen atoms in total. The number of hydrogen-bond donors (Lipinski definition) is 1. The van der Waals surface area contributed by atoms with E-state index < -0.39 is 5.97 Å². The molecule has 0 amide bonds. The van der Waals surface area contributed by atoms with Crippen molar-refractivity contribution in [2.24, 2.45) is 0 Å². The number of carboxylic acid groups (broad SMARTS) is 1. The Hall–Kier alpha value is -1.92. The zero-order chi connectivity index (χ0) is 16.8. The molecular weight excluding hydrogens is 312 g/mol. The highest BCUT2D eigenvalue weighted by Crippen LogP contribution is 2.29. The van der Waals surface area contributed by atoms with Gasteiger partial charge in [-0.25, -0.2) is 4.98 Å². The van der Waals surface area contributed by atoms with Gasteiger partial charge in [0, 0.05) is 12.0 Å². The van der Waals surface area contributed by atoms with Crippen LogP contribution in [0.2, 0.25) is 0 Å². The number of nitrogens with one attached hydrogen (secondary N) is 1. The number of aromatic carboxylic acids is 1. The molecule has 124 valence electrons. The van der Waals surface area contributed by atoms with Crippen molar-refractivity contribution in [2.75, 3.05) is 27.2 Å². The maximum absolute atomic E-state index is 11.1. The molecule has 0 saturated heterocycles. The molecule has 1 N–H and O–H groups in total. The lowest BCUT2D eigenvalue weighted by Gasteiger charge is -2.09. The summed E-state index contributed by atoms with van der Waals surface area (Å²) in [4.78, 5) is 17.1. The molecular formula is C17H22N2O3S. The van der Waals surface area contributed by atoms with Gasteiger partial charge >= 0.3 is 0 Å². The molecule has 1 aromatic carbocycles. The van der Waals surface area contributed by atoms with E-state index in [1.54, 1.807) is 0 Å². The standard InChI is InChI=1S/C17H22N2O3S/c1-4-14-15(17(20)21)23-16(18-14)12-6-8-13(9-7-12)22-11-5-10-19(2)3/h6-9H,4-5,10-11H2,1-3H3,(H,20,21). The van der Waals surface area contributed by atoms with Gasteiger partial charge < -0.3 is 19.5 Å². The van der Waals surface area contributed by atoms with Gasteiger partial charge in [0.2, 0.25) is 0 Å². The Morgan fingerprint density at radius 3 is 2.52 bits per heavy atom. The number of thiazole rings is 1. The van der Waals surface area contributed by atoms with Crippen LogP contribution in [0, 0.1) is 0 Å². The minimum Gasteiger partial charge on any atom is -0.544 e. The summed E-state index contributed by atoms with van der Waals surface area (Å²) in [6, 6.07) is 7.60. The Balaban J connectivity index is 2.03. The second-order valence-corrected chi connectivity index (χ2v) is 6.62. The van der Waals surface area contributed by atoms with E-state index in [-0.39, 0.29) is 4.88 Å². The van der Waals surface area contributed by atoms with Crippen LogP contribution in [0.4, 0.5) is 0 Å². The number of aryl methyl sites for hydroxylation is 1. The molecule has 0 spiro atoms. The van der Waals surface area contributed by atoms with E-state index in [0.717, 1.165) is 35.6 Å². The number of benzene rings is 1. The Bertz CT molecular complexity index is 650. The predicted octanol–water partition coefficient (Wildman–Crippen LogP) is 0.649. The maximum Gasteiger partial charge on any atom is 0.124 e. The van der Waals surface area contributed by atoms with E-state index in [2.05, 4.69) is 19.1 Å². The molecule has 0 fully saturated rings. The Morgan fingerprint density at radius 2 is 2.00 bits per heavy atom. The van der Waals surface area contributed by atoms with Gasteiger partial charge in [-0.3, -0.25) is 0 Å². The van der Waals surface area contributed by atoms with E-state index in [4.69, 9.17) is 4.74 Å². The number of rotatable bonds is 8. The molecule has 0 unspecified atom stereocenters. The summed E-state index contributed by atoms with van der Waals surface area (Å²) in [5.74, 6) is -0.344. The molecule has 2 aromatic rings. The fraction of sp³-hybridized carbons (Fsp3) is 0.412. The summed E-state index contributed by atoms with van der Waals surface area (Å²) in [7, 11) is 4.24. The van der Waals surface area contributed by atoms with Gasteiger partial charge in [-0.2, -0.15) is 0 Å². The van der Waals surface area contributed by atoms with Gasteiger partial charge in [0.25, 0.3) is 0 Å². The first kappa shape index (κ1) is 17.4. The highest BCUT2D eigenvalue weighted by molar-refractivity contribution is 7.17. The van der Waals surface area contributed by atoms with Crippen LogP contribution in [-0.2, 0) is 6.42 Å². The second-order valence-electron chi connectivity index (χ2n) is 5.62.